The van der Waals surface area contributed by atoms with E-state index < -0.39 is 4.92 Å². The molecule has 9 nitrogen and oxygen atoms in total. The summed E-state index contributed by atoms with van der Waals surface area (Å²) in [6.07, 6.45) is 0. The SMILES string of the molecule is Cc1nnc(SCc2nnc(-c3ccc([N+](=O)[O-])cc3)o2)n1-c1ccccc1. The Bertz CT molecular complexity index is 1110. The maximum atomic E-state index is 10.7. The summed E-state index contributed by atoms with van der Waals surface area (Å²) in [7, 11) is 0. The fourth-order valence-corrected chi connectivity index (χ4v) is 3.43. The number of aryl methyl sites for hydroxylation is 1. The molecule has 0 amide bonds. The molecule has 0 saturated heterocycles. The van der Waals surface area contributed by atoms with E-state index in [1.807, 2.05) is 41.8 Å². The van der Waals surface area contributed by atoms with Crippen molar-refractivity contribution >= 4 is 17.4 Å². The van der Waals surface area contributed by atoms with Gasteiger partial charge in [-0.05, 0) is 31.2 Å². The van der Waals surface area contributed by atoms with E-state index in [0.29, 0.717) is 23.1 Å². The molecule has 4 aromatic rings. The topological polar surface area (TPSA) is 113 Å². The number of hydrogen-bond donors (Lipinski definition) is 0. The monoisotopic (exact) mass is 394 g/mol. The fraction of sp³-hybridized carbons (Fsp3) is 0.111. The molecule has 0 fully saturated rings. The highest BCUT2D eigenvalue weighted by atomic mass is 32.2. The zero-order chi connectivity index (χ0) is 19.5. The molecule has 0 radical (unpaired) electrons. The van der Waals surface area contributed by atoms with Crippen molar-refractivity contribution in [3.63, 3.8) is 0 Å². The number of non-ortho nitro benzene ring substituents is 1. The van der Waals surface area contributed by atoms with Crippen molar-refractivity contribution in [3.05, 3.63) is 76.4 Å². The summed E-state index contributed by atoms with van der Waals surface area (Å²) in [6.45, 7) is 1.89. The average molecular weight is 394 g/mol. The van der Waals surface area contributed by atoms with Crippen LogP contribution < -0.4 is 0 Å². The Morgan fingerprint density at radius 3 is 2.50 bits per heavy atom. The number of rotatable bonds is 6. The molecule has 0 bridgehead atoms. The van der Waals surface area contributed by atoms with Gasteiger partial charge in [0, 0.05) is 23.4 Å². The van der Waals surface area contributed by atoms with Gasteiger partial charge in [-0.2, -0.15) is 0 Å². The number of nitrogens with zero attached hydrogens (tertiary/aromatic N) is 6. The van der Waals surface area contributed by atoms with Gasteiger partial charge in [0.25, 0.3) is 5.69 Å². The average Bonchev–Trinajstić information content (AvgIpc) is 3.33. The molecule has 10 heteroatoms. The van der Waals surface area contributed by atoms with E-state index in [4.69, 9.17) is 4.42 Å². The molecule has 140 valence electrons. The van der Waals surface area contributed by atoms with Crippen LogP contribution in [0.2, 0.25) is 0 Å². The maximum Gasteiger partial charge on any atom is 0.269 e. The van der Waals surface area contributed by atoms with Gasteiger partial charge < -0.3 is 4.42 Å². The van der Waals surface area contributed by atoms with Gasteiger partial charge >= 0.3 is 0 Å². The third kappa shape index (κ3) is 3.62. The summed E-state index contributed by atoms with van der Waals surface area (Å²) in [6, 6.07) is 15.8. The van der Waals surface area contributed by atoms with Gasteiger partial charge in [-0.15, -0.1) is 20.4 Å². The summed E-state index contributed by atoms with van der Waals surface area (Å²) in [4.78, 5) is 10.3. The smallest absolute Gasteiger partial charge is 0.269 e. The highest BCUT2D eigenvalue weighted by Gasteiger charge is 2.15. The predicted octanol–water partition coefficient (Wildman–Crippen LogP) is 3.83. The van der Waals surface area contributed by atoms with Gasteiger partial charge in [-0.3, -0.25) is 14.7 Å². The van der Waals surface area contributed by atoms with Crippen LogP contribution in [0.3, 0.4) is 0 Å². The second kappa shape index (κ2) is 7.61. The van der Waals surface area contributed by atoms with E-state index in [9.17, 15) is 10.1 Å². The molecule has 0 saturated carbocycles. The Kier molecular flexibility index (Phi) is 4.85. The van der Waals surface area contributed by atoms with Crippen molar-refractivity contribution in [2.45, 2.75) is 17.8 Å². The summed E-state index contributed by atoms with van der Waals surface area (Å²) >= 11 is 1.43. The van der Waals surface area contributed by atoms with Gasteiger partial charge in [0.05, 0.1) is 10.7 Å². The van der Waals surface area contributed by atoms with Gasteiger partial charge in [-0.1, -0.05) is 30.0 Å². The molecular weight excluding hydrogens is 380 g/mol. The van der Waals surface area contributed by atoms with Gasteiger partial charge in [0.2, 0.25) is 11.8 Å². The molecule has 0 unspecified atom stereocenters. The zero-order valence-corrected chi connectivity index (χ0v) is 15.5. The summed E-state index contributed by atoms with van der Waals surface area (Å²) in [5.41, 5.74) is 1.61. The highest BCUT2D eigenvalue weighted by molar-refractivity contribution is 7.98. The summed E-state index contributed by atoms with van der Waals surface area (Å²) in [5, 5.41) is 27.9. The molecule has 0 atom stereocenters. The third-order valence-electron chi connectivity index (χ3n) is 3.93. The van der Waals surface area contributed by atoms with E-state index in [1.54, 1.807) is 12.1 Å². The number of nitro benzene ring substituents is 1. The van der Waals surface area contributed by atoms with Crippen LogP contribution in [0.1, 0.15) is 11.7 Å². The van der Waals surface area contributed by atoms with E-state index in [2.05, 4.69) is 20.4 Å². The quantitative estimate of drug-likeness (QED) is 0.275. The van der Waals surface area contributed by atoms with Crippen LogP contribution in [0.15, 0.2) is 64.2 Å². The number of nitro groups is 1. The van der Waals surface area contributed by atoms with Crippen LogP contribution in [0.4, 0.5) is 5.69 Å². The van der Waals surface area contributed by atoms with Crippen molar-refractivity contribution in [2.75, 3.05) is 0 Å². The number of hydrogen-bond acceptors (Lipinski definition) is 8. The Morgan fingerprint density at radius 1 is 1.04 bits per heavy atom. The summed E-state index contributed by atoms with van der Waals surface area (Å²) in [5.74, 6) is 1.95. The van der Waals surface area contributed by atoms with E-state index in [1.165, 1.54) is 23.9 Å². The van der Waals surface area contributed by atoms with Crippen LogP contribution in [-0.2, 0) is 5.75 Å². The molecule has 0 N–H and O–H groups in total. The lowest BCUT2D eigenvalue weighted by Gasteiger charge is -2.07. The minimum Gasteiger partial charge on any atom is -0.420 e. The zero-order valence-electron chi connectivity index (χ0n) is 14.7. The number of benzene rings is 2. The minimum absolute atomic E-state index is 0.00895. The summed E-state index contributed by atoms with van der Waals surface area (Å²) < 4.78 is 7.63. The Morgan fingerprint density at radius 2 is 1.79 bits per heavy atom. The molecule has 2 aromatic carbocycles. The lowest BCUT2D eigenvalue weighted by Crippen LogP contribution is -1.98. The lowest BCUT2D eigenvalue weighted by atomic mass is 10.2. The number of para-hydroxylation sites is 1. The first-order valence-corrected chi connectivity index (χ1v) is 9.28. The van der Waals surface area contributed by atoms with Crippen LogP contribution in [-0.4, -0.2) is 29.9 Å². The van der Waals surface area contributed by atoms with Crippen molar-refractivity contribution in [3.8, 4) is 17.1 Å². The maximum absolute atomic E-state index is 10.7. The van der Waals surface area contributed by atoms with E-state index in [0.717, 1.165) is 16.7 Å². The van der Waals surface area contributed by atoms with Crippen molar-refractivity contribution in [2.24, 2.45) is 0 Å². The fourth-order valence-electron chi connectivity index (χ4n) is 2.59. The number of aromatic nitrogens is 5. The van der Waals surface area contributed by atoms with Crippen molar-refractivity contribution in [1.82, 2.24) is 25.0 Å². The van der Waals surface area contributed by atoms with E-state index in [-0.39, 0.29) is 5.69 Å². The molecule has 0 aliphatic carbocycles. The van der Waals surface area contributed by atoms with Gasteiger partial charge in [0.1, 0.15) is 5.82 Å². The number of thioether (sulfide) groups is 1. The van der Waals surface area contributed by atoms with Crippen molar-refractivity contribution in [1.29, 1.82) is 0 Å². The highest BCUT2D eigenvalue weighted by Crippen LogP contribution is 2.26. The van der Waals surface area contributed by atoms with Crippen LogP contribution in [0, 0.1) is 17.0 Å². The second-order valence-electron chi connectivity index (χ2n) is 5.79. The molecule has 4 rings (SSSR count). The Hall–Kier alpha value is -3.53. The molecule has 0 aliphatic rings. The second-order valence-corrected chi connectivity index (χ2v) is 6.74. The standard InChI is InChI=1S/C18H14N6O3S/c1-12-19-22-18(23(12)14-5-3-2-4-6-14)28-11-16-20-21-17(27-16)13-7-9-15(10-8-13)24(25)26/h2-10H,11H2,1H3. The molecule has 28 heavy (non-hydrogen) atoms. The molecule has 2 aromatic heterocycles. The predicted molar refractivity (Wildman–Crippen MR) is 102 cm³/mol. The largest absolute Gasteiger partial charge is 0.420 e. The third-order valence-corrected chi connectivity index (χ3v) is 4.84. The molecule has 0 spiro atoms. The normalized spacial score (nSPS) is 10.9. The Labute approximate surface area is 163 Å². The van der Waals surface area contributed by atoms with Crippen LogP contribution in [0.25, 0.3) is 17.1 Å². The Balaban J connectivity index is 1.49. The lowest BCUT2D eigenvalue weighted by molar-refractivity contribution is -0.384. The molecule has 0 aliphatic heterocycles. The molecule has 2 heterocycles. The minimum atomic E-state index is -0.454. The molecular formula is C18H14N6O3S. The first-order valence-electron chi connectivity index (χ1n) is 8.29. The van der Waals surface area contributed by atoms with E-state index >= 15 is 0 Å². The first kappa shape index (κ1) is 17.9. The van der Waals surface area contributed by atoms with Gasteiger partial charge in [-0.25, -0.2) is 0 Å². The van der Waals surface area contributed by atoms with Crippen LogP contribution in [0.5, 0.6) is 0 Å². The van der Waals surface area contributed by atoms with Crippen molar-refractivity contribution < 1.29 is 9.34 Å². The van der Waals surface area contributed by atoms with Crippen LogP contribution >= 0.6 is 11.8 Å². The van der Waals surface area contributed by atoms with Gasteiger partial charge in [0.15, 0.2) is 5.16 Å². The first-order chi connectivity index (χ1) is 13.6.